The summed E-state index contributed by atoms with van der Waals surface area (Å²) in [7, 11) is 0. The lowest BCUT2D eigenvalue weighted by atomic mass is 10.0. The van der Waals surface area contributed by atoms with Crippen LogP contribution in [0.15, 0.2) is 22.6 Å². The zero-order valence-corrected chi connectivity index (χ0v) is 10.6. The molecular weight excluding hydrogens is 232 g/mol. The van der Waals surface area contributed by atoms with Gasteiger partial charge in [-0.1, -0.05) is 12.1 Å². The van der Waals surface area contributed by atoms with Gasteiger partial charge >= 0.3 is 5.97 Å². The van der Waals surface area contributed by atoms with Crippen molar-refractivity contribution >= 4 is 22.7 Å². The summed E-state index contributed by atoms with van der Waals surface area (Å²) in [5.41, 5.74) is 1.74. The van der Waals surface area contributed by atoms with E-state index < -0.39 is 5.97 Å². The molecule has 4 nitrogen and oxygen atoms in total. The van der Waals surface area contributed by atoms with Crippen LogP contribution in [0.3, 0.4) is 0 Å². The summed E-state index contributed by atoms with van der Waals surface area (Å²) >= 11 is 0. The van der Waals surface area contributed by atoms with E-state index in [1.807, 2.05) is 0 Å². The zero-order valence-electron chi connectivity index (χ0n) is 10.6. The molecule has 0 N–H and O–H groups in total. The maximum Gasteiger partial charge on any atom is 0.374 e. The first-order valence-electron chi connectivity index (χ1n) is 5.76. The molecular formula is C14H14O4. The van der Waals surface area contributed by atoms with Crippen LogP contribution in [0, 0.1) is 6.92 Å². The zero-order chi connectivity index (χ0) is 13.3. The van der Waals surface area contributed by atoms with Crippen molar-refractivity contribution in [1.82, 2.24) is 0 Å². The van der Waals surface area contributed by atoms with Crippen molar-refractivity contribution in [2.75, 3.05) is 6.61 Å². The third-order valence-corrected chi connectivity index (χ3v) is 2.79. The molecule has 0 saturated heterocycles. The van der Waals surface area contributed by atoms with E-state index in [1.165, 1.54) is 6.92 Å². The molecule has 0 radical (unpaired) electrons. The Bertz CT molecular complexity index is 622. The van der Waals surface area contributed by atoms with Gasteiger partial charge in [-0.3, -0.25) is 4.79 Å². The SMILES string of the molecule is CCOC(=O)c1oc2cccc(C(C)=O)c2c1C. The number of fused-ring (bicyclic) bond motifs is 1. The van der Waals surface area contributed by atoms with Gasteiger partial charge in [-0.25, -0.2) is 4.79 Å². The lowest BCUT2D eigenvalue weighted by molar-refractivity contribution is 0.0491. The molecule has 1 aromatic carbocycles. The van der Waals surface area contributed by atoms with E-state index in [2.05, 4.69) is 0 Å². The molecule has 0 saturated carbocycles. The molecule has 0 unspecified atom stereocenters. The largest absolute Gasteiger partial charge is 0.460 e. The van der Waals surface area contributed by atoms with Crippen LogP contribution in [-0.2, 0) is 4.74 Å². The third kappa shape index (κ3) is 1.90. The highest BCUT2D eigenvalue weighted by Crippen LogP contribution is 2.29. The highest BCUT2D eigenvalue weighted by atomic mass is 16.5. The standard InChI is InChI=1S/C14H14O4/c1-4-17-14(16)13-8(2)12-10(9(3)15)6-5-7-11(12)18-13/h5-7H,4H2,1-3H3. The van der Waals surface area contributed by atoms with E-state index in [0.717, 1.165) is 0 Å². The molecule has 0 bridgehead atoms. The van der Waals surface area contributed by atoms with Gasteiger partial charge < -0.3 is 9.15 Å². The number of benzene rings is 1. The van der Waals surface area contributed by atoms with Crippen molar-refractivity contribution in [3.63, 3.8) is 0 Å². The van der Waals surface area contributed by atoms with Gasteiger partial charge in [0.1, 0.15) is 5.58 Å². The summed E-state index contributed by atoms with van der Waals surface area (Å²) in [6.07, 6.45) is 0. The topological polar surface area (TPSA) is 56.5 Å². The van der Waals surface area contributed by atoms with Crippen LogP contribution in [0.2, 0.25) is 0 Å². The van der Waals surface area contributed by atoms with Crippen LogP contribution in [0.5, 0.6) is 0 Å². The number of hydrogen-bond acceptors (Lipinski definition) is 4. The first kappa shape index (κ1) is 12.4. The first-order valence-corrected chi connectivity index (χ1v) is 5.76. The predicted octanol–water partition coefficient (Wildman–Crippen LogP) is 3.12. The molecule has 18 heavy (non-hydrogen) atoms. The van der Waals surface area contributed by atoms with Crippen molar-refractivity contribution in [2.24, 2.45) is 0 Å². The van der Waals surface area contributed by atoms with Gasteiger partial charge in [0, 0.05) is 16.5 Å². The molecule has 0 aliphatic carbocycles. The molecule has 0 amide bonds. The van der Waals surface area contributed by atoms with E-state index in [1.54, 1.807) is 32.0 Å². The van der Waals surface area contributed by atoms with Crippen LogP contribution >= 0.6 is 0 Å². The molecule has 0 aliphatic heterocycles. The Morgan fingerprint density at radius 3 is 2.67 bits per heavy atom. The van der Waals surface area contributed by atoms with Crippen LogP contribution < -0.4 is 0 Å². The third-order valence-electron chi connectivity index (χ3n) is 2.79. The Labute approximate surface area is 105 Å². The Morgan fingerprint density at radius 2 is 2.06 bits per heavy atom. The molecule has 1 aromatic heterocycles. The number of ether oxygens (including phenoxy) is 1. The Balaban J connectivity index is 2.67. The van der Waals surface area contributed by atoms with Gasteiger partial charge in [-0.2, -0.15) is 0 Å². The summed E-state index contributed by atoms with van der Waals surface area (Å²) in [6.45, 7) is 5.27. The number of ketones is 1. The minimum Gasteiger partial charge on any atom is -0.460 e. The summed E-state index contributed by atoms with van der Waals surface area (Å²) in [5.74, 6) is -0.388. The van der Waals surface area contributed by atoms with Gasteiger partial charge in [0.25, 0.3) is 0 Å². The molecule has 4 heteroatoms. The van der Waals surface area contributed by atoms with Gasteiger partial charge in [-0.15, -0.1) is 0 Å². The first-order chi connectivity index (χ1) is 8.56. The van der Waals surface area contributed by atoms with E-state index in [-0.39, 0.29) is 18.2 Å². The minimum atomic E-state index is -0.499. The van der Waals surface area contributed by atoms with Crippen molar-refractivity contribution < 1.29 is 18.7 Å². The Morgan fingerprint density at radius 1 is 1.33 bits per heavy atom. The molecule has 0 spiro atoms. The van der Waals surface area contributed by atoms with E-state index in [9.17, 15) is 9.59 Å². The second-order valence-electron chi connectivity index (χ2n) is 4.01. The van der Waals surface area contributed by atoms with Crippen molar-refractivity contribution in [3.8, 4) is 0 Å². The van der Waals surface area contributed by atoms with E-state index in [4.69, 9.17) is 9.15 Å². The average molecular weight is 246 g/mol. The molecule has 94 valence electrons. The lowest BCUT2D eigenvalue weighted by Gasteiger charge is -1.99. The summed E-state index contributed by atoms with van der Waals surface area (Å²) < 4.78 is 10.4. The molecule has 0 aliphatic rings. The Hall–Kier alpha value is -2.10. The summed E-state index contributed by atoms with van der Waals surface area (Å²) in [6, 6.07) is 5.19. The monoisotopic (exact) mass is 246 g/mol. The van der Waals surface area contributed by atoms with E-state index >= 15 is 0 Å². The number of furan rings is 1. The number of esters is 1. The van der Waals surface area contributed by atoms with Gasteiger partial charge in [0.05, 0.1) is 6.61 Å². The predicted molar refractivity (Wildman–Crippen MR) is 66.9 cm³/mol. The molecule has 2 aromatic rings. The molecule has 0 fully saturated rings. The fourth-order valence-corrected chi connectivity index (χ4v) is 1.99. The van der Waals surface area contributed by atoms with E-state index in [0.29, 0.717) is 22.1 Å². The molecule has 1 heterocycles. The summed E-state index contributed by atoms with van der Waals surface area (Å²) in [5, 5.41) is 0.688. The highest BCUT2D eigenvalue weighted by Gasteiger charge is 2.21. The number of aryl methyl sites for hydroxylation is 1. The second-order valence-corrected chi connectivity index (χ2v) is 4.01. The highest BCUT2D eigenvalue weighted by molar-refractivity contribution is 6.09. The van der Waals surface area contributed by atoms with Crippen LogP contribution in [0.4, 0.5) is 0 Å². The molecule has 2 rings (SSSR count). The van der Waals surface area contributed by atoms with Crippen molar-refractivity contribution in [2.45, 2.75) is 20.8 Å². The average Bonchev–Trinajstić information content (AvgIpc) is 2.67. The lowest BCUT2D eigenvalue weighted by Crippen LogP contribution is -2.04. The smallest absolute Gasteiger partial charge is 0.374 e. The van der Waals surface area contributed by atoms with Gasteiger partial charge in [0.2, 0.25) is 5.76 Å². The normalized spacial score (nSPS) is 10.6. The van der Waals surface area contributed by atoms with Gasteiger partial charge in [-0.05, 0) is 26.8 Å². The van der Waals surface area contributed by atoms with Crippen LogP contribution in [0.25, 0.3) is 11.0 Å². The van der Waals surface area contributed by atoms with Crippen LogP contribution in [-0.4, -0.2) is 18.4 Å². The quantitative estimate of drug-likeness (QED) is 0.616. The maximum atomic E-state index is 11.7. The number of Topliss-reactive ketones (excluding diaryl/α,β-unsaturated/α-hetero) is 1. The number of rotatable bonds is 3. The van der Waals surface area contributed by atoms with Gasteiger partial charge in [0.15, 0.2) is 5.78 Å². The molecule has 0 atom stereocenters. The fraction of sp³-hybridized carbons (Fsp3) is 0.286. The minimum absolute atomic E-state index is 0.0556. The van der Waals surface area contributed by atoms with Crippen molar-refractivity contribution in [3.05, 3.63) is 35.1 Å². The van der Waals surface area contributed by atoms with Crippen LogP contribution in [0.1, 0.15) is 40.3 Å². The number of hydrogen-bond donors (Lipinski definition) is 0. The number of carbonyl (C=O) groups is 2. The second kappa shape index (κ2) is 4.64. The van der Waals surface area contributed by atoms with Crippen molar-refractivity contribution in [1.29, 1.82) is 0 Å². The maximum absolute atomic E-state index is 11.7. The Kier molecular flexibility index (Phi) is 3.19. The number of carbonyl (C=O) groups excluding carboxylic acids is 2. The fourth-order valence-electron chi connectivity index (χ4n) is 1.99. The summed E-state index contributed by atoms with van der Waals surface area (Å²) in [4.78, 5) is 23.3.